The minimum atomic E-state index is -3.68. The third kappa shape index (κ3) is 2.51. The Kier molecular flexibility index (Phi) is 2.90. The molecule has 2 fully saturated rings. The number of fused-ring (bicyclic) bond motifs is 1. The molecule has 0 unspecified atom stereocenters. The van der Waals surface area contributed by atoms with Gasteiger partial charge >= 0.3 is 5.69 Å². The van der Waals surface area contributed by atoms with Crippen molar-refractivity contribution in [3.63, 3.8) is 0 Å². The molecule has 0 amide bonds. The monoisotopic (exact) mass is 335 g/mol. The molecule has 1 heterocycles. The molecule has 0 bridgehead atoms. The molecule has 0 radical (unpaired) electrons. The molecule has 2 aromatic rings. The van der Waals surface area contributed by atoms with Gasteiger partial charge in [-0.2, -0.15) is 0 Å². The van der Waals surface area contributed by atoms with E-state index in [1.807, 2.05) is 6.92 Å². The Morgan fingerprint density at radius 3 is 2.57 bits per heavy atom. The first-order chi connectivity index (χ1) is 10.8. The number of aromatic amines is 1. The van der Waals surface area contributed by atoms with Crippen molar-refractivity contribution in [3.05, 3.63) is 39.0 Å². The summed E-state index contributed by atoms with van der Waals surface area (Å²) in [6, 6.07) is 4.16. The first-order valence-electron chi connectivity index (χ1n) is 7.62. The van der Waals surface area contributed by atoms with Crippen LogP contribution < -0.4 is 16.0 Å². The molecule has 2 aliphatic rings. The number of H-pyrrole nitrogens is 1. The normalized spacial score (nSPS) is 19.9. The fraction of sp³-hybridized carbons (Fsp3) is 0.467. The van der Waals surface area contributed by atoms with Crippen LogP contribution in [0, 0.1) is 0 Å². The fourth-order valence-electron chi connectivity index (χ4n) is 2.71. The average Bonchev–Trinajstić information content (AvgIpc) is 3.37. The lowest BCUT2D eigenvalue weighted by molar-refractivity contribution is 0.558. The highest BCUT2D eigenvalue weighted by atomic mass is 32.2. The molecule has 1 aromatic heterocycles. The van der Waals surface area contributed by atoms with Gasteiger partial charge in [-0.1, -0.05) is 0 Å². The summed E-state index contributed by atoms with van der Waals surface area (Å²) in [4.78, 5) is 27.2. The smallest absolute Gasteiger partial charge is 0.307 e. The first kappa shape index (κ1) is 14.6. The van der Waals surface area contributed by atoms with E-state index in [0.29, 0.717) is 5.52 Å². The maximum atomic E-state index is 12.5. The molecule has 2 N–H and O–H groups in total. The zero-order chi connectivity index (χ0) is 16.4. The van der Waals surface area contributed by atoms with E-state index in [9.17, 15) is 18.0 Å². The van der Waals surface area contributed by atoms with Gasteiger partial charge < -0.3 is 4.98 Å². The minimum Gasteiger partial charge on any atom is -0.307 e. The summed E-state index contributed by atoms with van der Waals surface area (Å²) >= 11 is 0. The zero-order valence-corrected chi connectivity index (χ0v) is 13.4. The Morgan fingerprint density at radius 2 is 1.96 bits per heavy atom. The van der Waals surface area contributed by atoms with Crippen LogP contribution in [-0.2, 0) is 10.0 Å². The number of nitrogens with zero attached hydrogens (tertiary/aromatic N) is 1. The van der Waals surface area contributed by atoms with Crippen molar-refractivity contribution >= 4 is 20.9 Å². The zero-order valence-electron chi connectivity index (χ0n) is 12.6. The van der Waals surface area contributed by atoms with Gasteiger partial charge in [-0.15, -0.1) is 0 Å². The van der Waals surface area contributed by atoms with Gasteiger partial charge in [0.25, 0.3) is 5.56 Å². The second-order valence-corrected chi connectivity index (χ2v) is 8.39. The highest BCUT2D eigenvalue weighted by Crippen LogP contribution is 2.36. The van der Waals surface area contributed by atoms with Crippen LogP contribution in [0.25, 0.3) is 10.9 Å². The van der Waals surface area contributed by atoms with E-state index < -0.39 is 21.3 Å². The Bertz CT molecular complexity index is 1030. The molecule has 0 spiro atoms. The summed E-state index contributed by atoms with van der Waals surface area (Å²) in [5, 5.41) is 0.223. The van der Waals surface area contributed by atoms with Gasteiger partial charge in [-0.25, -0.2) is 17.9 Å². The van der Waals surface area contributed by atoms with Crippen LogP contribution in [-0.4, -0.2) is 23.5 Å². The van der Waals surface area contributed by atoms with Crippen molar-refractivity contribution in [1.29, 1.82) is 0 Å². The average molecular weight is 335 g/mol. The number of sulfonamides is 1. The fourth-order valence-corrected chi connectivity index (χ4v) is 4.20. The largest absolute Gasteiger partial charge is 0.329 e. The summed E-state index contributed by atoms with van der Waals surface area (Å²) < 4.78 is 28.7. The van der Waals surface area contributed by atoms with Gasteiger partial charge in [0.2, 0.25) is 10.0 Å². The van der Waals surface area contributed by atoms with Crippen LogP contribution in [0.3, 0.4) is 0 Å². The summed E-state index contributed by atoms with van der Waals surface area (Å²) in [7, 11) is -3.68. The van der Waals surface area contributed by atoms with E-state index in [4.69, 9.17) is 0 Å². The SMILES string of the molecule is CC1(NS(=O)(=O)c2ccc3[nH]c(=O)n(C4CC4)c(=O)c3c2)CC1. The number of hydrogen-bond acceptors (Lipinski definition) is 4. The molecular weight excluding hydrogens is 318 g/mol. The van der Waals surface area contributed by atoms with Crippen molar-refractivity contribution in [2.24, 2.45) is 0 Å². The Morgan fingerprint density at radius 1 is 1.26 bits per heavy atom. The minimum absolute atomic E-state index is 0.0459. The van der Waals surface area contributed by atoms with Gasteiger partial charge in [0.1, 0.15) is 0 Å². The van der Waals surface area contributed by atoms with E-state index in [1.54, 1.807) is 0 Å². The summed E-state index contributed by atoms with van der Waals surface area (Å²) in [6.07, 6.45) is 3.21. The number of aromatic nitrogens is 2. The molecule has 4 rings (SSSR count). The third-order valence-corrected chi connectivity index (χ3v) is 6.14. The molecule has 0 aliphatic heterocycles. The lowest BCUT2D eigenvalue weighted by Gasteiger charge is -2.12. The molecule has 23 heavy (non-hydrogen) atoms. The standard InChI is InChI=1S/C15H17N3O4S/c1-15(6-7-15)17-23(21,22)10-4-5-12-11(8-10)13(19)18(9-2-3-9)14(20)16-12/h4-5,8-9,17H,2-3,6-7H2,1H3,(H,16,20). The molecule has 7 nitrogen and oxygen atoms in total. The molecule has 122 valence electrons. The van der Waals surface area contributed by atoms with Crippen molar-refractivity contribution in [3.8, 4) is 0 Å². The second kappa shape index (κ2) is 4.55. The van der Waals surface area contributed by atoms with Crippen molar-refractivity contribution < 1.29 is 8.42 Å². The van der Waals surface area contributed by atoms with Crippen LogP contribution >= 0.6 is 0 Å². The van der Waals surface area contributed by atoms with Crippen LogP contribution in [0.2, 0.25) is 0 Å². The Hall–Kier alpha value is -1.93. The maximum Gasteiger partial charge on any atom is 0.329 e. The van der Waals surface area contributed by atoms with Gasteiger partial charge in [0, 0.05) is 11.6 Å². The lowest BCUT2D eigenvalue weighted by Crippen LogP contribution is -2.35. The van der Waals surface area contributed by atoms with Gasteiger partial charge in [0.15, 0.2) is 0 Å². The van der Waals surface area contributed by atoms with Crippen molar-refractivity contribution in [2.45, 2.75) is 49.1 Å². The van der Waals surface area contributed by atoms with Crippen molar-refractivity contribution in [2.75, 3.05) is 0 Å². The topological polar surface area (TPSA) is 101 Å². The first-order valence-corrected chi connectivity index (χ1v) is 9.10. The molecule has 1 aromatic carbocycles. The highest BCUT2D eigenvalue weighted by molar-refractivity contribution is 7.89. The van der Waals surface area contributed by atoms with Gasteiger partial charge in [-0.05, 0) is 50.8 Å². The van der Waals surface area contributed by atoms with E-state index in [2.05, 4.69) is 9.71 Å². The van der Waals surface area contributed by atoms with Crippen LogP contribution in [0.4, 0.5) is 0 Å². The summed E-state index contributed by atoms with van der Waals surface area (Å²) in [5.74, 6) is 0. The van der Waals surface area contributed by atoms with E-state index in [1.165, 1.54) is 22.8 Å². The van der Waals surface area contributed by atoms with Gasteiger partial charge in [-0.3, -0.25) is 9.36 Å². The number of nitrogens with one attached hydrogen (secondary N) is 2. The molecule has 8 heteroatoms. The predicted molar refractivity (Wildman–Crippen MR) is 85.1 cm³/mol. The molecular formula is C15H17N3O4S. The maximum absolute atomic E-state index is 12.5. The second-order valence-electron chi connectivity index (χ2n) is 6.71. The number of benzene rings is 1. The van der Waals surface area contributed by atoms with E-state index in [0.717, 1.165) is 25.7 Å². The van der Waals surface area contributed by atoms with Crippen LogP contribution in [0.1, 0.15) is 38.6 Å². The number of hydrogen-bond donors (Lipinski definition) is 2. The highest BCUT2D eigenvalue weighted by Gasteiger charge is 2.41. The Balaban J connectivity index is 1.87. The van der Waals surface area contributed by atoms with Gasteiger partial charge in [0.05, 0.1) is 15.8 Å². The van der Waals surface area contributed by atoms with E-state index >= 15 is 0 Å². The third-order valence-electron chi connectivity index (χ3n) is 4.50. The Labute approximate surface area is 132 Å². The molecule has 0 atom stereocenters. The quantitative estimate of drug-likeness (QED) is 0.865. The number of rotatable bonds is 4. The summed E-state index contributed by atoms with van der Waals surface area (Å²) in [5.41, 5.74) is -0.897. The van der Waals surface area contributed by atoms with Crippen LogP contribution in [0.15, 0.2) is 32.7 Å². The summed E-state index contributed by atoms with van der Waals surface area (Å²) in [6.45, 7) is 1.85. The molecule has 0 saturated heterocycles. The van der Waals surface area contributed by atoms with Crippen LogP contribution in [0.5, 0.6) is 0 Å². The molecule has 2 saturated carbocycles. The van der Waals surface area contributed by atoms with E-state index in [-0.39, 0.29) is 21.9 Å². The van der Waals surface area contributed by atoms with Crippen molar-refractivity contribution in [1.82, 2.24) is 14.3 Å². The lowest BCUT2D eigenvalue weighted by atomic mass is 10.2. The predicted octanol–water partition coefficient (Wildman–Crippen LogP) is 0.855. The molecule has 2 aliphatic carbocycles.